The monoisotopic (exact) mass is 855 g/mol. The summed E-state index contributed by atoms with van der Waals surface area (Å²) in [7, 11) is 0. The lowest BCUT2D eigenvalue weighted by Gasteiger charge is -2.52. The molecule has 6 aliphatic heterocycles. The molecule has 0 aromatic carbocycles. The van der Waals surface area contributed by atoms with E-state index in [1.54, 1.807) is 11.8 Å². The number of amides is 3. The van der Waals surface area contributed by atoms with Crippen LogP contribution in [0.1, 0.15) is 139 Å². The molecule has 2 spiro atoms. The number of Topliss-reactive ketones (excluding diaryl/α,β-unsaturated/α-hetero) is 1. The van der Waals surface area contributed by atoms with Crippen molar-refractivity contribution in [1.82, 2.24) is 30.2 Å². The number of likely N-dealkylation sites (tertiary alicyclic amines) is 4. The number of rotatable bonds is 5. The van der Waals surface area contributed by atoms with Gasteiger partial charge in [0.2, 0.25) is 0 Å². The number of hydrogen-bond acceptors (Lipinski definition) is 10. The average Bonchev–Trinajstić information content (AvgIpc) is 3.98. The van der Waals surface area contributed by atoms with Gasteiger partial charge >= 0.3 is 18.3 Å². The van der Waals surface area contributed by atoms with Crippen LogP contribution in [0.4, 0.5) is 14.4 Å². The quantitative estimate of drug-likeness (QED) is 0.265. The van der Waals surface area contributed by atoms with Crippen LogP contribution in [0.25, 0.3) is 0 Å². The van der Waals surface area contributed by atoms with Crippen molar-refractivity contribution in [2.75, 3.05) is 78.7 Å². The Morgan fingerprint density at radius 3 is 1.81 bits per heavy atom. The number of halogens is 1. The van der Waals surface area contributed by atoms with Gasteiger partial charge in [0.15, 0.2) is 0 Å². The Labute approximate surface area is 363 Å². The fraction of sp³-hybridized carbons (Fsp3) is 0.911. The number of ketones is 1. The zero-order valence-corrected chi connectivity index (χ0v) is 36.6. The van der Waals surface area contributed by atoms with E-state index in [1.807, 2.05) is 37.5 Å². The van der Waals surface area contributed by atoms with E-state index in [0.717, 1.165) is 76.5 Å². The SMILES string of the molecule is C.C.CC(C)(C)OC(=O)N1CCCC1C1CCNCC1.CCOC(=O)N1CCC2(CC(=O)C2)C1.CCOC(=O)N1CCC2(CC(N3CCC([C@@H]4CCCN4)CC3)C2)C1.Cl. The van der Waals surface area contributed by atoms with Crippen LogP contribution in [-0.4, -0.2) is 146 Å². The number of nitrogens with zero attached hydrogens (tertiary/aromatic N) is 4. The van der Waals surface area contributed by atoms with Gasteiger partial charge in [-0.15, -0.1) is 12.4 Å². The topological polar surface area (TPSA) is 133 Å². The normalized spacial score (nSPS) is 29.1. The number of carbonyl (C=O) groups excluding carboxylic acids is 4. The van der Waals surface area contributed by atoms with Crippen LogP contribution in [0, 0.1) is 22.7 Å². The largest absolute Gasteiger partial charge is 0.450 e. The van der Waals surface area contributed by atoms with Gasteiger partial charge in [-0.1, -0.05) is 14.9 Å². The molecule has 2 N–H and O–H groups in total. The molecule has 14 heteroatoms. The molecule has 0 radical (unpaired) electrons. The van der Waals surface area contributed by atoms with Crippen molar-refractivity contribution in [2.45, 2.75) is 163 Å². The molecular formula is C45H83ClN6O7. The van der Waals surface area contributed by atoms with Crippen LogP contribution in [-0.2, 0) is 19.0 Å². The highest BCUT2D eigenvalue weighted by atomic mass is 35.5. The molecule has 6 heterocycles. The van der Waals surface area contributed by atoms with Gasteiger partial charge in [-0.2, -0.15) is 0 Å². The van der Waals surface area contributed by atoms with Crippen LogP contribution in [0.2, 0.25) is 0 Å². The summed E-state index contributed by atoms with van der Waals surface area (Å²) in [6.07, 6.45) is 15.7. The third kappa shape index (κ3) is 13.3. The molecule has 13 nitrogen and oxygen atoms in total. The number of piperidine rings is 2. The lowest BCUT2D eigenvalue weighted by molar-refractivity contribution is -0.131. The summed E-state index contributed by atoms with van der Waals surface area (Å²) < 4.78 is 15.6. The molecule has 8 aliphatic rings. The van der Waals surface area contributed by atoms with Gasteiger partial charge < -0.3 is 44.4 Å². The Kier molecular flexibility index (Phi) is 19.6. The summed E-state index contributed by atoms with van der Waals surface area (Å²) in [6, 6.07) is 1.97. The highest BCUT2D eigenvalue weighted by molar-refractivity contribution is 5.86. The van der Waals surface area contributed by atoms with Crippen LogP contribution in [0.15, 0.2) is 0 Å². The average molecular weight is 856 g/mol. The number of carbonyl (C=O) groups is 4. The fourth-order valence-corrected chi connectivity index (χ4v) is 11.1. The van der Waals surface area contributed by atoms with Crippen molar-refractivity contribution in [1.29, 1.82) is 0 Å². The Hall–Kier alpha value is -2.35. The molecule has 0 aromatic heterocycles. The molecule has 3 amide bonds. The molecule has 2 aliphatic carbocycles. The Morgan fingerprint density at radius 2 is 1.29 bits per heavy atom. The first-order valence-electron chi connectivity index (χ1n) is 22.3. The molecule has 8 fully saturated rings. The highest BCUT2D eigenvalue weighted by Gasteiger charge is 2.52. The summed E-state index contributed by atoms with van der Waals surface area (Å²) in [5, 5.41) is 7.08. The van der Waals surface area contributed by atoms with E-state index in [-0.39, 0.29) is 51.0 Å². The van der Waals surface area contributed by atoms with Gasteiger partial charge in [0.05, 0.1) is 13.2 Å². The zero-order chi connectivity index (χ0) is 39.9. The Bertz CT molecular complexity index is 1330. The predicted molar refractivity (Wildman–Crippen MR) is 236 cm³/mol. The molecular weight excluding hydrogens is 772 g/mol. The number of nitrogens with one attached hydrogen (secondary N) is 2. The van der Waals surface area contributed by atoms with Gasteiger partial charge in [0.1, 0.15) is 11.4 Å². The van der Waals surface area contributed by atoms with E-state index < -0.39 is 5.60 Å². The van der Waals surface area contributed by atoms with Crippen molar-refractivity contribution in [3.05, 3.63) is 0 Å². The van der Waals surface area contributed by atoms with Crippen LogP contribution in [0.5, 0.6) is 0 Å². The smallest absolute Gasteiger partial charge is 0.410 e. The standard InChI is InChI=1S/C19H33N3O2.C14H26N2O2.C10H15NO3.2CH4.ClH/c1-2-24-18(23)22-11-7-19(14-22)12-16(13-19)21-9-5-15(6-10-21)17-4-3-8-20-17;1-14(2,3)18-13(17)16-10-4-5-12(16)11-6-8-15-9-7-11;1-2-14-9(13)11-4-3-10(7-11)5-8(12)6-10;;;/h15-17,20H,2-14H2,1H3;11-12,15H,4-10H2,1-3H3;2-7H2,1H3;2*1H4;1H/t16?,17-,19?;;;;;/m0...../s1. The fourth-order valence-electron chi connectivity index (χ4n) is 11.1. The molecule has 6 saturated heterocycles. The minimum absolute atomic E-state index is 0. The molecule has 8 rings (SSSR count). The summed E-state index contributed by atoms with van der Waals surface area (Å²) >= 11 is 0. The minimum Gasteiger partial charge on any atom is -0.450 e. The molecule has 1 unspecified atom stereocenters. The molecule has 2 saturated carbocycles. The van der Waals surface area contributed by atoms with E-state index in [0.29, 0.717) is 55.8 Å². The third-order valence-corrected chi connectivity index (χ3v) is 14.0. The Balaban J connectivity index is 0.000000239. The van der Waals surface area contributed by atoms with Crippen LogP contribution < -0.4 is 10.6 Å². The van der Waals surface area contributed by atoms with Crippen molar-refractivity contribution in [3.8, 4) is 0 Å². The van der Waals surface area contributed by atoms with Gasteiger partial charge in [0.25, 0.3) is 0 Å². The highest BCUT2D eigenvalue weighted by Crippen LogP contribution is 2.51. The lowest BCUT2D eigenvalue weighted by atomic mass is 9.64. The summed E-state index contributed by atoms with van der Waals surface area (Å²) in [4.78, 5) is 54.8. The second-order valence-corrected chi connectivity index (χ2v) is 19.2. The Morgan fingerprint density at radius 1 is 0.712 bits per heavy atom. The molecule has 342 valence electrons. The van der Waals surface area contributed by atoms with Crippen LogP contribution >= 0.6 is 12.4 Å². The van der Waals surface area contributed by atoms with Crippen molar-refractivity contribution < 1.29 is 33.4 Å². The molecule has 59 heavy (non-hydrogen) atoms. The second kappa shape index (κ2) is 22.7. The van der Waals surface area contributed by atoms with Gasteiger partial charge in [-0.25, -0.2) is 14.4 Å². The summed E-state index contributed by atoms with van der Waals surface area (Å²) in [5.74, 6) is 1.89. The van der Waals surface area contributed by atoms with Gasteiger partial charge in [-0.3, -0.25) is 4.79 Å². The number of ether oxygens (including phenoxy) is 3. The zero-order valence-electron chi connectivity index (χ0n) is 35.8. The summed E-state index contributed by atoms with van der Waals surface area (Å²) in [5.41, 5.74) is 0.128. The second-order valence-electron chi connectivity index (χ2n) is 19.2. The first-order chi connectivity index (χ1) is 26.8. The van der Waals surface area contributed by atoms with E-state index in [4.69, 9.17) is 14.2 Å². The first-order valence-corrected chi connectivity index (χ1v) is 22.3. The summed E-state index contributed by atoms with van der Waals surface area (Å²) in [6.45, 7) is 20.5. The minimum atomic E-state index is -0.391. The molecule has 2 atom stereocenters. The third-order valence-electron chi connectivity index (χ3n) is 14.0. The van der Waals surface area contributed by atoms with E-state index in [1.165, 1.54) is 77.4 Å². The van der Waals surface area contributed by atoms with E-state index >= 15 is 0 Å². The van der Waals surface area contributed by atoms with Crippen molar-refractivity contribution in [2.24, 2.45) is 22.7 Å². The van der Waals surface area contributed by atoms with Crippen molar-refractivity contribution in [3.63, 3.8) is 0 Å². The molecule has 0 bridgehead atoms. The maximum Gasteiger partial charge on any atom is 0.410 e. The van der Waals surface area contributed by atoms with Crippen LogP contribution in [0.3, 0.4) is 0 Å². The van der Waals surface area contributed by atoms with E-state index in [2.05, 4.69) is 15.5 Å². The van der Waals surface area contributed by atoms with E-state index in [9.17, 15) is 19.2 Å². The lowest BCUT2D eigenvalue weighted by Crippen LogP contribution is -2.55. The maximum atomic E-state index is 12.2. The first kappa shape index (κ1) is 51.0. The van der Waals surface area contributed by atoms with Gasteiger partial charge in [0, 0.05) is 69.1 Å². The predicted octanol–water partition coefficient (Wildman–Crippen LogP) is 7.74. The maximum absolute atomic E-state index is 12.2. The van der Waals surface area contributed by atoms with Crippen molar-refractivity contribution >= 4 is 36.5 Å². The van der Waals surface area contributed by atoms with Gasteiger partial charge in [-0.05, 0) is 162 Å². The number of hydrogen-bond donors (Lipinski definition) is 2. The molecule has 0 aromatic rings.